The molecule has 0 aliphatic carbocycles. The van der Waals surface area contributed by atoms with Crippen molar-refractivity contribution in [2.75, 3.05) is 0 Å². The van der Waals surface area contributed by atoms with Gasteiger partial charge in [-0.05, 0) is 24.0 Å². The van der Waals surface area contributed by atoms with E-state index < -0.39 is 0 Å². The van der Waals surface area contributed by atoms with Gasteiger partial charge in [-0.1, -0.05) is 86.4 Å². The van der Waals surface area contributed by atoms with Crippen LogP contribution in [0.25, 0.3) is 0 Å². The van der Waals surface area contributed by atoms with Gasteiger partial charge >= 0.3 is 0 Å². The van der Waals surface area contributed by atoms with Gasteiger partial charge in [-0.3, -0.25) is 0 Å². The van der Waals surface area contributed by atoms with Crippen LogP contribution >= 0.6 is 0 Å². The predicted molar refractivity (Wildman–Crippen MR) is 88.0 cm³/mol. The Bertz CT molecular complexity index is 229. The normalized spacial score (nSPS) is 10.0. The summed E-state index contributed by atoms with van der Waals surface area (Å²) < 4.78 is 11.9. The van der Waals surface area contributed by atoms with Crippen LogP contribution in [0.4, 0.5) is 4.39 Å². The van der Waals surface area contributed by atoms with Gasteiger partial charge in [0.25, 0.3) is 0 Å². The van der Waals surface area contributed by atoms with Crippen molar-refractivity contribution in [2.45, 2.75) is 68.2 Å². The van der Waals surface area contributed by atoms with Crippen molar-refractivity contribution in [3.05, 3.63) is 36.1 Å². The van der Waals surface area contributed by atoms with E-state index in [1.165, 1.54) is 25.0 Å². The van der Waals surface area contributed by atoms with E-state index in [-0.39, 0.29) is 5.82 Å². The van der Waals surface area contributed by atoms with Crippen molar-refractivity contribution in [2.24, 2.45) is 11.8 Å². The molecule has 1 rings (SSSR count). The van der Waals surface area contributed by atoms with E-state index in [1.807, 2.05) is 27.7 Å². The van der Waals surface area contributed by atoms with Gasteiger partial charge in [0, 0.05) is 0 Å². The molecule has 0 nitrogen and oxygen atoms in total. The van der Waals surface area contributed by atoms with Crippen LogP contribution in [0.2, 0.25) is 0 Å². The average Bonchev–Trinajstić information content (AvgIpc) is 2.45. The minimum Gasteiger partial charge on any atom is -0.207 e. The quantitative estimate of drug-likeness (QED) is 0.557. The number of hydrogen-bond acceptors (Lipinski definition) is 0. The Morgan fingerprint density at radius 1 is 0.895 bits per heavy atom. The standard InChI is InChI=1S/C8H18.C6H5F.2C2H6/c1-5-6-8(4)7(2)3;7-6-4-2-1-3-5-6;2*1-2/h7-8H,5-6H2,1-4H3;1-5H;2*1-2H3. The minimum atomic E-state index is -0.178. The van der Waals surface area contributed by atoms with Crippen LogP contribution < -0.4 is 0 Å². The van der Waals surface area contributed by atoms with E-state index in [0.717, 1.165) is 11.8 Å². The Morgan fingerprint density at radius 3 is 1.47 bits per heavy atom. The molecule has 1 aromatic carbocycles. The van der Waals surface area contributed by atoms with Gasteiger partial charge < -0.3 is 0 Å². The van der Waals surface area contributed by atoms with Crippen LogP contribution in [0.1, 0.15) is 68.2 Å². The maximum atomic E-state index is 11.9. The third-order valence-electron chi connectivity index (χ3n) is 2.62. The molecule has 0 aliphatic heterocycles. The summed E-state index contributed by atoms with van der Waals surface area (Å²) in [5.41, 5.74) is 0. The molecule has 0 saturated carbocycles. The van der Waals surface area contributed by atoms with Crippen molar-refractivity contribution in [3.63, 3.8) is 0 Å². The van der Waals surface area contributed by atoms with Gasteiger partial charge in [-0.15, -0.1) is 0 Å². The monoisotopic (exact) mass is 270 g/mol. The number of benzene rings is 1. The highest BCUT2D eigenvalue weighted by atomic mass is 19.1. The lowest BCUT2D eigenvalue weighted by Crippen LogP contribution is -2.02. The second kappa shape index (κ2) is 19.5. The molecule has 0 saturated heterocycles. The van der Waals surface area contributed by atoms with Crippen molar-refractivity contribution < 1.29 is 4.39 Å². The summed E-state index contributed by atoms with van der Waals surface area (Å²) >= 11 is 0. The first kappa shape index (κ1) is 23.3. The fourth-order valence-corrected chi connectivity index (χ4v) is 1.20. The maximum Gasteiger partial charge on any atom is 0.123 e. The first-order valence-corrected chi connectivity index (χ1v) is 7.78. The number of halogens is 1. The first-order valence-electron chi connectivity index (χ1n) is 7.78. The zero-order chi connectivity index (χ0) is 15.7. The molecule has 114 valence electrons. The van der Waals surface area contributed by atoms with Crippen LogP contribution in [0.5, 0.6) is 0 Å². The van der Waals surface area contributed by atoms with E-state index in [1.54, 1.807) is 18.2 Å². The Labute approximate surface area is 121 Å². The molecule has 0 amide bonds. The van der Waals surface area contributed by atoms with Crippen LogP contribution in [0.3, 0.4) is 0 Å². The Kier molecular flexibility index (Phi) is 23.9. The zero-order valence-electron chi connectivity index (χ0n) is 14.3. The molecular formula is C18H35F. The summed E-state index contributed by atoms with van der Waals surface area (Å²) in [5.74, 6) is 1.61. The van der Waals surface area contributed by atoms with E-state index in [0.29, 0.717) is 0 Å². The fraction of sp³-hybridized carbons (Fsp3) is 0.667. The summed E-state index contributed by atoms with van der Waals surface area (Å²) in [5, 5.41) is 0. The highest BCUT2D eigenvalue weighted by molar-refractivity contribution is 5.02. The summed E-state index contributed by atoms with van der Waals surface area (Å²) in [7, 11) is 0. The van der Waals surface area contributed by atoms with Gasteiger partial charge in [0.2, 0.25) is 0 Å². The molecule has 1 atom stereocenters. The lowest BCUT2D eigenvalue weighted by Gasteiger charge is -2.12. The largest absolute Gasteiger partial charge is 0.207 e. The first-order chi connectivity index (χ1) is 9.07. The molecule has 0 radical (unpaired) electrons. The molecule has 0 bridgehead atoms. The maximum absolute atomic E-state index is 11.9. The fourth-order valence-electron chi connectivity index (χ4n) is 1.20. The lowest BCUT2D eigenvalue weighted by atomic mass is 9.94. The molecule has 1 unspecified atom stereocenters. The SMILES string of the molecule is CC.CC.CCCC(C)C(C)C.Fc1ccccc1. The summed E-state index contributed by atoms with van der Waals surface area (Å²) in [4.78, 5) is 0. The van der Waals surface area contributed by atoms with Crippen LogP contribution in [-0.2, 0) is 0 Å². The summed E-state index contributed by atoms with van der Waals surface area (Å²) in [6, 6.07) is 7.94. The van der Waals surface area contributed by atoms with Crippen LogP contribution in [0.15, 0.2) is 30.3 Å². The smallest absolute Gasteiger partial charge is 0.123 e. The molecule has 0 aliphatic rings. The van der Waals surface area contributed by atoms with Crippen molar-refractivity contribution >= 4 is 0 Å². The zero-order valence-corrected chi connectivity index (χ0v) is 14.3. The average molecular weight is 270 g/mol. The molecule has 1 heteroatoms. The second-order valence-corrected chi connectivity index (χ2v) is 4.31. The van der Waals surface area contributed by atoms with E-state index >= 15 is 0 Å². The molecular weight excluding hydrogens is 235 g/mol. The van der Waals surface area contributed by atoms with Gasteiger partial charge in [0.15, 0.2) is 0 Å². The Morgan fingerprint density at radius 2 is 1.32 bits per heavy atom. The Balaban J connectivity index is -0.000000214. The van der Waals surface area contributed by atoms with Crippen molar-refractivity contribution in [1.29, 1.82) is 0 Å². The molecule has 0 heterocycles. The second-order valence-electron chi connectivity index (χ2n) is 4.31. The summed E-state index contributed by atoms with van der Waals surface area (Å²) in [6.45, 7) is 17.2. The molecule has 0 fully saturated rings. The van der Waals surface area contributed by atoms with Gasteiger partial charge in [0.1, 0.15) is 5.82 Å². The molecule has 19 heavy (non-hydrogen) atoms. The van der Waals surface area contributed by atoms with Gasteiger partial charge in [0.05, 0.1) is 0 Å². The minimum absolute atomic E-state index is 0.178. The van der Waals surface area contributed by atoms with Crippen molar-refractivity contribution in [3.8, 4) is 0 Å². The topological polar surface area (TPSA) is 0 Å². The summed E-state index contributed by atoms with van der Waals surface area (Å²) in [6.07, 6.45) is 2.72. The van der Waals surface area contributed by atoms with E-state index in [2.05, 4.69) is 27.7 Å². The molecule has 0 N–H and O–H groups in total. The predicted octanol–water partition coefficient (Wildman–Crippen LogP) is 6.96. The van der Waals surface area contributed by atoms with Crippen molar-refractivity contribution in [1.82, 2.24) is 0 Å². The third-order valence-corrected chi connectivity index (χ3v) is 2.62. The van der Waals surface area contributed by atoms with Gasteiger partial charge in [-0.2, -0.15) is 0 Å². The molecule has 1 aromatic rings. The van der Waals surface area contributed by atoms with Gasteiger partial charge in [-0.25, -0.2) is 4.39 Å². The highest BCUT2D eigenvalue weighted by Gasteiger charge is 2.03. The van der Waals surface area contributed by atoms with E-state index in [9.17, 15) is 4.39 Å². The van der Waals surface area contributed by atoms with E-state index in [4.69, 9.17) is 0 Å². The Hall–Kier alpha value is -0.850. The molecule has 0 spiro atoms. The lowest BCUT2D eigenvalue weighted by molar-refractivity contribution is 0.389. The third kappa shape index (κ3) is 19.7. The number of hydrogen-bond donors (Lipinski definition) is 0. The van der Waals surface area contributed by atoms with Crippen LogP contribution in [0, 0.1) is 17.7 Å². The highest BCUT2D eigenvalue weighted by Crippen LogP contribution is 2.14. The number of rotatable bonds is 3. The molecule has 0 aromatic heterocycles. The van der Waals surface area contributed by atoms with Crippen LogP contribution in [-0.4, -0.2) is 0 Å².